The smallest absolute Gasteiger partial charge is 0.340 e. The SMILES string of the molecule is C=CCn1c(SCC(=O)Nc2sc(CC)cc2C(=O)OC)nnc1C(C)Oc1ccccc1Cl. The zero-order valence-electron chi connectivity index (χ0n) is 19.0. The van der Waals surface area contributed by atoms with Crippen LogP contribution < -0.4 is 10.1 Å². The third kappa shape index (κ3) is 6.19. The van der Waals surface area contributed by atoms with Crippen LogP contribution in [0.1, 0.15) is 41.0 Å². The molecule has 1 N–H and O–H groups in total. The number of halogens is 1. The molecule has 11 heteroatoms. The highest BCUT2D eigenvalue weighted by atomic mass is 35.5. The number of methoxy groups -OCH3 is 1. The maximum absolute atomic E-state index is 12.6. The molecule has 0 fully saturated rings. The van der Waals surface area contributed by atoms with E-state index in [1.165, 1.54) is 30.2 Å². The van der Waals surface area contributed by atoms with E-state index in [0.717, 1.165) is 11.3 Å². The molecule has 0 aliphatic carbocycles. The Kier molecular flexibility index (Phi) is 9.14. The summed E-state index contributed by atoms with van der Waals surface area (Å²) in [6.45, 7) is 8.08. The van der Waals surface area contributed by atoms with Gasteiger partial charge in [0.25, 0.3) is 0 Å². The van der Waals surface area contributed by atoms with Crippen LogP contribution >= 0.6 is 34.7 Å². The first-order chi connectivity index (χ1) is 16.4. The number of anilines is 1. The Morgan fingerprint density at radius 3 is 2.79 bits per heavy atom. The number of hydrogen-bond donors (Lipinski definition) is 1. The summed E-state index contributed by atoms with van der Waals surface area (Å²) in [5.74, 6) is 0.454. The van der Waals surface area contributed by atoms with Crippen molar-refractivity contribution in [3.05, 3.63) is 64.3 Å². The first kappa shape index (κ1) is 25.8. The molecule has 0 saturated heterocycles. The van der Waals surface area contributed by atoms with Crippen molar-refractivity contribution in [1.82, 2.24) is 14.8 Å². The molecule has 3 aromatic rings. The van der Waals surface area contributed by atoms with E-state index >= 15 is 0 Å². The molecule has 180 valence electrons. The Balaban J connectivity index is 1.70. The van der Waals surface area contributed by atoms with E-state index in [4.69, 9.17) is 21.1 Å². The Labute approximate surface area is 211 Å². The minimum Gasteiger partial charge on any atom is -0.481 e. The average molecular weight is 521 g/mol. The first-order valence-corrected chi connectivity index (χ1v) is 12.6. The number of thiophene rings is 1. The van der Waals surface area contributed by atoms with Crippen molar-refractivity contribution < 1.29 is 19.1 Å². The highest BCUT2D eigenvalue weighted by Crippen LogP contribution is 2.31. The van der Waals surface area contributed by atoms with Gasteiger partial charge in [-0.25, -0.2) is 4.79 Å². The second-order valence-corrected chi connectivity index (χ2v) is 9.55. The van der Waals surface area contributed by atoms with E-state index in [9.17, 15) is 9.59 Å². The van der Waals surface area contributed by atoms with Crippen LogP contribution in [0.2, 0.25) is 5.02 Å². The molecule has 1 amide bonds. The quantitative estimate of drug-likeness (QED) is 0.205. The largest absolute Gasteiger partial charge is 0.481 e. The van der Waals surface area contributed by atoms with Gasteiger partial charge in [-0.2, -0.15) is 0 Å². The number of aryl methyl sites for hydroxylation is 1. The number of allylic oxidation sites excluding steroid dienone is 1. The number of carbonyl (C=O) groups excluding carboxylic acids is 2. The summed E-state index contributed by atoms with van der Waals surface area (Å²) in [5, 5.41) is 12.8. The van der Waals surface area contributed by atoms with E-state index in [0.29, 0.717) is 38.9 Å². The number of thioether (sulfide) groups is 1. The Morgan fingerprint density at radius 1 is 1.35 bits per heavy atom. The number of rotatable bonds is 11. The van der Waals surface area contributed by atoms with E-state index < -0.39 is 12.1 Å². The number of benzene rings is 1. The lowest BCUT2D eigenvalue weighted by Gasteiger charge is -2.16. The number of carbonyl (C=O) groups is 2. The second kappa shape index (κ2) is 12.0. The van der Waals surface area contributed by atoms with Crippen LogP contribution in [0.5, 0.6) is 5.75 Å². The lowest BCUT2D eigenvalue weighted by molar-refractivity contribution is -0.113. The van der Waals surface area contributed by atoms with Crippen LogP contribution in [0.15, 0.2) is 48.1 Å². The summed E-state index contributed by atoms with van der Waals surface area (Å²) >= 11 is 8.79. The van der Waals surface area contributed by atoms with Crippen molar-refractivity contribution in [3.8, 4) is 5.75 Å². The van der Waals surface area contributed by atoms with Gasteiger partial charge in [0.15, 0.2) is 17.1 Å². The molecule has 0 aliphatic heterocycles. The van der Waals surface area contributed by atoms with Crippen LogP contribution in [0, 0.1) is 0 Å². The summed E-state index contributed by atoms with van der Waals surface area (Å²) < 4.78 is 12.6. The zero-order chi connectivity index (χ0) is 24.7. The summed E-state index contributed by atoms with van der Waals surface area (Å²) in [5.41, 5.74) is 0.352. The normalized spacial score (nSPS) is 11.6. The fourth-order valence-corrected chi connectivity index (χ4v) is 4.99. The number of aromatic nitrogens is 3. The maximum Gasteiger partial charge on any atom is 0.340 e. The van der Waals surface area contributed by atoms with Crippen LogP contribution in [0.25, 0.3) is 0 Å². The van der Waals surface area contributed by atoms with Gasteiger partial charge in [-0.15, -0.1) is 28.1 Å². The van der Waals surface area contributed by atoms with Gasteiger partial charge in [0.1, 0.15) is 10.8 Å². The molecule has 1 aromatic carbocycles. The van der Waals surface area contributed by atoms with E-state index in [-0.39, 0.29) is 11.7 Å². The highest BCUT2D eigenvalue weighted by Gasteiger charge is 2.22. The predicted octanol–water partition coefficient (Wildman–Crippen LogP) is 5.40. The van der Waals surface area contributed by atoms with Gasteiger partial charge < -0.3 is 14.8 Å². The molecule has 0 spiro atoms. The fraction of sp³-hybridized carbons (Fsp3) is 0.304. The van der Waals surface area contributed by atoms with Crippen LogP contribution in [-0.4, -0.2) is 39.5 Å². The molecule has 0 saturated carbocycles. The number of hydrogen-bond acceptors (Lipinski definition) is 8. The molecule has 0 aliphatic rings. The average Bonchev–Trinajstić information content (AvgIpc) is 3.43. The molecular formula is C23H25ClN4O4S2. The molecule has 1 atom stereocenters. The minimum absolute atomic E-state index is 0.0784. The van der Waals surface area contributed by atoms with E-state index in [2.05, 4.69) is 22.1 Å². The standard InChI is InChI=1S/C23H25ClN4O4S2/c1-5-11-28-20(14(3)32-18-10-8-7-9-17(18)24)26-27-23(28)33-13-19(29)25-21-16(22(30)31-4)12-15(6-2)34-21/h5,7-10,12,14H,1,6,11,13H2,2-4H3,(H,25,29). The second-order valence-electron chi connectivity index (χ2n) is 7.07. The predicted molar refractivity (Wildman–Crippen MR) is 135 cm³/mol. The molecule has 3 rings (SSSR count). The van der Waals surface area contributed by atoms with Crippen LogP contribution in [0.4, 0.5) is 5.00 Å². The zero-order valence-corrected chi connectivity index (χ0v) is 21.4. The summed E-state index contributed by atoms with van der Waals surface area (Å²) in [4.78, 5) is 25.7. The Hall–Kier alpha value is -2.82. The topological polar surface area (TPSA) is 95.3 Å². The number of nitrogens with zero attached hydrogens (tertiary/aromatic N) is 3. The van der Waals surface area contributed by atoms with Gasteiger partial charge in [-0.05, 0) is 31.5 Å². The summed E-state index contributed by atoms with van der Waals surface area (Å²) in [7, 11) is 1.31. The van der Waals surface area contributed by atoms with Gasteiger partial charge in [0.2, 0.25) is 5.91 Å². The highest BCUT2D eigenvalue weighted by molar-refractivity contribution is 7.99. The molecule has 2 aromatic heterocycles. The van der Waals surface area contributed by atoms with Gasteiger partial charge in [-0.3, -0.25) is 9.36 Å². The molecule has 8 nitrogen and oxygen atoms in total. The molecule has 2 heterocycles. The van der Waals surface area contributed by atoms with Crippen LogP contribution in [0.3, 0.4) is 0 Å². The Morgan fingerprint density at radius 2 is 2.12 bits per heavy atom. The van der Waals surface area contributed by atoms with E-state index in [1.807, 2.05) is 30.5 Å². The fourth-order valence-electron chi connectivity index (χ4n) is 3.06. The molecule has 1 unspecified atom stereocenters. The van der Waals surface area contributed by atoms with Gasteiger partial charge in [0, 0.05) is 11.4 Å². The van der Waals surface area contributed by atoms with Crippen LogP contribution in [-0.2, 0) is 22.5 Å². The number of para-hydroxylation sites is 1. The summed E-state index contributed by atoms with van der Waals surface area (Å²) in [6, 6.07) is 8.94. The Bertz CT molecular complexity index is 1180. The van der Waals surface area contributed by atoms with Gasteiger partial charge in [-0.1, -0.05) is 48.5 Å². The number of amides is 1. The summed E-state index contributed by atoms with van der Waals surface area (Å²) in [6.07, 6.45) is 2.04. The van der Waals surface area contributed by atoms with Gasteiger partial charge in [0.05, 0.1) is 23.4 Å². The maximum atomic E-state index is 12.6. The molecule has 0 radical (unpaired) electrons. The van der Waals surface area contributed by atoms with Crippen molar-refractivity contribution in [2.24, 2.45) is 0 Å². The first-order valence-electron chi connectivity index (χ1n) is 10.5. The third-order valence-electron chi connectivity index (χ3n) is 4.68. The van der Waals surface area contributed by atoms with Crippen molar-refractivity contribution >= 4 is 51.6 Å². The van der Waals surface area contributed by atoms with E-state index in [1.54, 1.807) is 24.3 Å². The van der Waals surface area contributed by atoms with Gasteiger partial charge >= 0.3 is 5.97 Å². The molecule has 34 heavy (non-hydrogen) atoms. The monoisotopic (exact) mass is 520 g/mol. The van der Waals surface area contributed by atoms with Crippen molar-refractivity contribution in [3.63, 3.8) is 0 Å². The number of ether oxygens (including phenoxy) is 2. The lowest BCUT2D eigenvalue weighted by atomic mass is 10.2. The van der Waals surface area contributed by atoms with Crippen molar-refractivity contribution in [2.45, 2.75) is 38.1 Å². The minimum atomic E-state index is -0.484. The van der Waals surface area contributed by atoms with Crippen molar-refractivity contribution in [2.75, 3.05) is 18.2 Å². The molecule has 0 bridgehead atoms. The number of esters is 1. The number of nitrogens with one attached hydrogen (secondary N) is 1. The third-order valence-corrected chi connectivity index (χ3v) is 7.16. The van der Waals surface area contributed by atoms with Crippen molar-refractivity contribution in [1.29, 1.82) is 0 Å². The lowest BCUT2D eigenvalue weighted by Crippen LogP contribution is -2.16. The molecular weight excluding hydrogens is 496 g/mol.